The van der Waals surface area contributed by atoms with Gasteiger partial charge in [0.2, 0.25) is 0 Å². The number of hydrogen-bond acceptors (Lipinski definition) is 3. The maximum absolute atomic E-state index is 12.7. The zero-order chi connectivity index (χ0) is 19.9. The van der Waals surface area contributed by atoms with E-state index in [1.165, 1.54) is 0 Å². The molecular weight excluding hydrogens is 374 g/mol. The molecule has 0 spiro atoms. The highest BCUT2D eigenvalue weighted by Crippen LogP contribution is 2.27. The van der Waals surface area contributed by atoms with Crippen molar-refractivity contribution in [2.45, 2.75) is 20.5 Å². The molecule has 0 fully saturated rings. The topological polar surface area (TPSA) is 47.6 Å². The minimum Gasteiger partial charge on any atom is -0.493 e. The van der Waals surface area contributed by atoms with Crippen LogP contribution in [0.1, 0.15) is 28.4 Å². The van der Waals surface area contributed by atoms with Crippen LogP contribution in [0, 0.1) is 6.92 Å². The van der Waals surface area contributed by atoms with E-state index in [-0.39, 0.29) is 12.5 Å². The Hall–Kier alpha value is -2.98. The molecule has 0 heterocycles. The van der Waals surface area contributed by atoms with Gasteiger partial charge >= 0.3 is 0 Å². The first-order valence-corrected chi connectivity index (χ1v) is 9.46. The molecule has 28 heavy (non-hydrogen) atoms. The molecule has 0 unspecified atom stereocenters. The Morgan fingerprint density at radius 2 is 1.71 bits per heavy atom. The van der Waals surface area contributed by atoms with E-state index in [2.05, 4.69) is 5.32 Å². The standard InChI is InChI=1S/C23H22ClNO3/c1-3-27-21-13-12-17(23(26)25-20-10-6-4-8-16(20)2)14-18(21)15-28-22-11-7-5-9-19(22)24/h4-14H,3,15H2,1-2H3,(H,25,26). The van der Waals surface area contributed by atoms with Gasteiger partial charge in [-0.15, -0.1) is 0 Å². The quantitative estimate of drug-likeness (QED) is 0.543. The summed E-state index contributed by atoms with van der Waals surface area (Å²) in [4.78, 5) is 12.7. The van der Waals surface area contributed by atoms with Crippen molar-refractivity contribution in [2.75, 3.05) is 11.9 Å². The number of carbonyl (C=O) groups excluding carboxylic acids is 1. The highest BCUT2D eigenvalue weighted by molar-refractivity contribution is 6.32. The number of hydrogen-bond donors (Lipinski definition) is 1. The summed E-state index contributed by atoms with van der Waals surface area (Å²) in [6.07, 6.45) is 0. The molecule has 3 rings (SSSR count). The zero-order valence-corrected chi connectivity index (χ0v) is 16.6. The first-order chi connectivity index (χ1) is 13.6. The molecule has 0 aliphatic rings. The number of amides is 1. The van der Waals surface area contributed by atoms with Crippen LogP contribution in [0.5, 0.6) is 11.5 Å². The lowest BCUT2D eigenvalue weighted by Crippen LogP contribution is -2.13. The Bertz CT molecular complexity index is 972. The predicted octanol–water partition coefficient (Wildman–Crippen LogP) is 5.88. The number of aryl methyl sites for hydroxylation is 1. The van der Waals surface area contributed by atoms with E-state index in [0.717, 1.165) is 16.8 Å². The van der Waals surface area contributed by atoms with Crippen LogP contribution in [0.25, 0.3) is 0 Å². The summed E-state index contributed by atoms with van der Waals surface area (Å²) in [5.41, 5.74) is 3.10. The van der Waals surface area contributed by atoms with Gasteiger partial charge < -0.3 is 14.8 Å². The molecule has 0 saturated heterocycles. The molecular formula is C23H22ClNO3. The maximum Gasteiger partial charge on any atom is 0.255 e. The second kappa shape index (κ2) is 9.29. The van der Waals surface area contributed by atoms with Gasteiger partial charge in [-0.05, 0) is 55.8 Å². The Labute approximate surface area is 170 Å². The molecule has 5 heteroatoms. The maximum atomic E-state index is 12.7. The number of para-hydroxylation sites is 2. The van der Waals surface area contributed by atoms with Gasteiger partial charge in [0.25, 0.3) is 5.91 Å². The third-order valence-electron chi connectivity index (χ3n) is 4.24. The molecule has 0 atom stereocenters. The third-order valence-corrected chi connectivity index (χ3v) is 4.55. The van der Waals surface area contributed by atoms with Crippen LogP contribution in [0.4, 0.5) is 5.69 Å². The van der Waals surface area contributed by atoms with Gasteiger partial charge in [-0.3, -0.25) is 4.79 Å². The fourth-order valence-corrected chi connectivity index (χ4v) is 2.95. The number of anilines is 1. The van der Waals surface area contributed by atoms with Crippen molar-refractivity contribution in [3.63, 3.8) is 0 Å². The van der Waals surface area contributed by atoms with Crippen LogP contribution in [-0.2, 0) is 6.61 Å². The normalized spacial score (nSPS) is 10.4. The number of nitrogens with one attached hydrogen (secondary N) is 1. The molecule has 0 aliphatic heterocycles. The minimum atomic E-state index is -0.184. The SMILES string of the molecule is CCOc1ccc(C(=O)Nc2ccccc2C)cc1COc1ccccc1Cl. The Balaban J connectivity index is 1.81. The van der Waals surface area contributed by atoms with Crippen LogP contribution in [0.15, 0.2) is 66.7 Å². The van der Waals surface area contributed by atoms with Gasteiger partial charge in [0.05, 0.1) is 11.6 Å². The molecule has 144 valence electrons. The lowest BCUT2D eigenvalue weighted by molar-refractivity contribution is 0.102. The summed E-state index contributed by atoms with van der Waals surface area (Å²) in [6, 6.07) is 20.3. The first kappa shape index (κ1) is 19.8. The van der Waals surface area contributed by atoms with E-state index in [9.17, 15) is 4.79 Å². The van der Waals surface area contributed by atoms with Crippen molar-refractivity contribution >= 4 is 23.2 Å². The molecule has 1 amide bonds. The van der Waals surface area contributed by atoms with Crippen molar-refractivity contribution in [2.24, 2.45) is 0 Å². The molecule has 3 aromatic rings. The lowest BCUT2D eigenvalue weighted by atomic mass is 10.1. The van der Waals surface area contributed by atoms with Crippen molar-refractivity contribution < 1.29 is 14.3 Å². The van der Waals surface area contributed by atoms with E-state index in [0.29, 0.717) is 28.7 Å². The second-order valence-electron chi connectivity index (χ2n) is 6.24. The van der Waals surface area contributed by atoms with Crippen LogP contribution in [0.3, 0.4) is 0 Å². The van der Waals surface area contributed by atoms with Crippen molar-refractivity contribution in [1.82, 2.24) is 0 Å². The molecule has 0 aliphatic carbocycles. The van der Waals surface area contributed by atoms with Gasteiger partial charge in [-0.25, -0.2) is 0 Å². The predicted molar refractivity (Wildman–Crippen MR) is 113 cm³/mol. The summed E-state index contributed by atoms with van der Waals surface area (Å²) in [5, 5.41) is 3.48. The van der Waals surface area contributed by atoms with Crippen molar-refractivity contribution in [1.29, 1.82) is 0 Å². The summed E-state index contributed by atoms with van der Waals surface area (Å²) in [6.45, 7) is 4.63. The summed E-state index contributed by atoms with van der Waals surface area (Å²) in [7, 11) is 0. The average Bonchev–Trinajstić information content (AvgIpc) is 2.70. The number of halogens is 1. The van der Waals surface area contributed by atoms with Gasteiger partial charge in [0.1, 0.15) is 18.1 Å². The highest BCUT2D eigenvalue weighted by atomic mass is 35.5. The number of rotatable bonds is 7. The third kappa shape index (κ3) is 4.84. The van der Waals surface area contributed by atoms with Crippen LogP contribution < -0.4 is 14.8 Å². The Morgan fingerprint density at radius 1 is 0.964 bits per heavy atom. The molecule has 1 N–H and O–H groups in total. The van der Waals surface area contributed by atoms with Crippen molar-refractivity contribution in [3.8, 4) is 11.5 Å². The van der Waals surface area contributed by atoms with Gasteiger partial charge in [-0.2, -0.15) is 0 Å². The molecule has 0 radical (unpaired) electrons. The highest BCUT2D eigenvalue weighted by Gasteiger charge is 2.13. The Kier molecular flexibility index (Phi) is 6.56. The second-order valence-corrected chi connectivity index (χ2v) is 6.65. The van der Waals surface area contributed by atoms with Gasteiger partial charge in [-0.1, -0.05) is 41.9 Å². The monoisotopic (exact) mass is 395 g/mol. The number of benzene rings is 3. The molecule has 4 nitrogen and oxygen atoms in total. The number of ether oxygens (including phenoxy) is 2. The van der Waals surface area contributed by atoms with Crippen molar-refractivity contribution in [3.05, 3.63) is 88.4 Å². The van der Waals surface area contributed by atoms with E-state index >= 15 is 0 Å². The van der Waals surface area contributed by atoms with Gasteiger partial charge in [0.15, 0.2) is 0 Å². The smallest absolute Gasteiger partial charge is 0.255 e. The van der Waals surface area contributed by atoms with E-state index in [1.807, 2.05) is 50.2 Å². The summed E-state index contributed by atoms with van der Waals surface area (Å²) >= 11 is 6.16. The lowest BCUT2D eigenvalue weighted by Gasteiger charge is -2.14. The minimum absolute atomic E-state index is 0.184. The molecule has 0 bridgehead atoms. The van der Waals surface area contributed by atoms with Gasteiger partial charge in [0, 0.05) is 16.8 Å². The molecule has 0 aromatic heterocycles. The van der Waals surface area contributed by atoms with Crippen LogP contribution in [-0.4, -0.2) is 12.5 Å². The molecule has 0 saturated carbocycles. The van der Waals surface area contributed by atoms with E-state index in [4.69, 9.17) is 21.1 Å². The fourth-order valence-electron chi connectivity index (χ4n) is 2.75. The van der Waals surface area contributed by atoms with E-state index < -0.39 is 0 Å². The Morgan fingerprint density at radius 3 is 2.46 bits per heavy atom. The first-order valence-electron chi connectivity index (χ1n) is 9.08. The average molecular weight is 396 g/mol. The summed E-state index contributed by atoms with van der Waals surface area (Å²) in [5.74, 6) is 1.08. The largest absolute Gasteiger partial charge is 0.493 e. The summed E-state index contributed by atoms with van der Waals surface area (Å²) < 4.78 is 11.5. The number of carbonyl (C=O) groups is 1. The molecule has 3 aromatic carbocycles. The van der Waals surface area contributed by atoms with Crippen LogP contribution in [0.2, 0.25) is 5.02 Å². The zero-order valence-electron chi connectivity index (χ0n) is 15.9. The van der Waals surface area contributed by atoms with E-state index in [1.54, 1.807) is 30.3 Å². The fraction of sp³-hybridized carbons (Fsp3) is 0.174. The van der Waals surface area contributed by atoms with Crippen LogP contribution >= 0.6 is 11.6 Å².